The Morgan fingerprint density at radius 1 is 1.17 bits per heavy atom. The van der Waals surface area contributed by atoms with Gasteiger partial charge in [-0.3, -0.25) is 4.79 Å². The summed E-state index contributed by atoms with van der Waals surface area (Å²) in [5.74, 6) is -2.04. The SMILES string of the molecule is Nc1ncnn2c(-c3ccc(F)c(C(=O)NCC[C@H](O)c4ccc(Cl)cc4)c3)cc(C(F)(F)F)c12. The molecule has 2 aromatic carbocycles. The summed E-state index contributed by atoms with van der Waals surface area (Å²) in [4.78, 5) is 16.2. The van der Waals surface area contributed by atoms with Crippen molar-refractivity contribution in [3.8, 4) is 11.3 Å². The normalized spacial score (nSPS) is 12.6. The molecule has 1 amide bonds. The molecule has 0 aliphatic rings. The molecule has 1 atom stereocenters. The molecular formula is C23H18ClF4N5O2. The molecule has 35 heavy (non-hydrogen) atoms. The fraction of sp³-hybridized carbons (Fsp3) is 0.174. The number of benzene rings is 2. The number of amides is 1. The summed E-state index contributed by atoms with van der Waals surface area (Å²) in [6.07, 6.45) is -4.49. The highest BCUT2D eigenvalue weighted by molar-refractivity contribution is 6.30. The Bertz CT molecular complexity index is 1390. The van der Waals surface area contributed by atoms with Crippen LogP contribution in [0.3, 0.4) is 0 Å². The Kier molecular flexibility index (Phi) is 6.64. The highest BCUT2D eigenvalue weighted by atomic mass is 35.5. The zero-order valence-electron chi connectivity index (χ0n) is 17.9. The van der Waals surface area contributed by atoms with E-state index in [1.165, 1.54) is 6.07 Å². The summed E-state index contributed by atoms with van der Waals surface area (Å²) in [5, 5.41) is 17.1. The summed E-state index contributed by atoms with van der Waals surface area (Å²) in [5.41, 5.74) is 4.43. The molecular weight excluding hydrogens is 490 g/mol. The zero-order chi connectivity index (χ0) is 25.3. The Labute approximate surface area is 201 Å². The first-order valence-electron chi connectivity index (χ1n) is 10.3. The van der Waals surface area contributed by atoms with Crippen LogP contribution in [0, 0.1) is 5.82 Å². The van der Waals surface area contributed by atoms with Crippen molar-refractivity contribution in [3.05, 3.63) is 82.4 Å². The number of nitrogens with two attached hydrogens (primary N) is 1. The number of halogens is 5. The van der Waals surface area contributed by atoms with E-state index in [4.69, 9.17) is 17.3 Å². The average molecular weight is 508 g/mol. The number of aliphatic hydroxyl groups is 1. The maximum Gasteiger partial charge on any atom is 0.418 e. The number of nitrogens with zero attached hydrogens (tertiary/aromatic N) is 3. The molecule has 0 aliphatic carbocycles. The van der Waals surface area contributed by atoms with Crippen LogP contribution in [0.5, 0.6) is 0 Å². The van der Waals surface area contributed by atoms with Crippen molar-refractivity contribution in [2.24, 2.45) is 0 Å². The molecule has 7 nitrogen and oxygen atoms in total. The molecule has 182 valence electrons. The van der Waals surface area contributed by atoms with Crippen molar-refractivity contribution in [1.82, 2.24) is 19.9 Å². The molecule has 4 N–H and O–H groups in total. The Morgan fingerprint density at radius 3 is 2.57 bits per heavy atom. The smallest absolute Gasteiger partial charge is 0.388 e. The van der Waals surface area contributed by atoms with Crippen molar-refractivity contribution < 1.29 is 27.5 Å². The summed E-state index contributed by atoms with van der Waals surface area (Å²) in [6, 6.07) is 10.7. The van der Waals surface area contributed by atoms with Crippen LogP contribution in [0.2, 0.25) is 5.02 Å². The fourth-order valence-electron chi connectivity index (χ4n) is 3.62. The second-order valence-corrected chi connectivity index (χ2v) is 8.09. The van der Waals surface area contributed by atoms with Gasteiger partial charge >= 0.3 is 6.18 Å². The number of nitrogens with one attached hydrogen (secondary N) is 1. The van der Waals surface area contributed by atoms with Gasteiger partial charge in [0.2, 0.25) is 0 Å². The lowest BCUT2D eigenvalue weighted by Crippen LogP contribution is -2.26. The van der Waals surface area contributed by atoms with Crippen LogP contribution in [0.15, 0.2) is 54.9 Å². The van der Waals surface area contributed by atoms with Gasteiger partial charge in [0.25, 0.3) is 5.91 Å². The van der Waals surface area contributed by atoms with Crippen LogP contribution in [0.25, 0.3) is 16.8 Å². The third kappa shape index (κ3) is 5.05. The average Bonchev–Trinajstić information content (AvgIpc) is 3.21. The fourth-order valence-corrected chi connectivity index (χ4v) is 3.74. The van der Waals surface area contributed by atoms with Crippen LogP contribution in [-0.2, 0) is 6.18 Å². The Morgan fingerprint density at radius 2 is 1.89 bits per heavy atom. The number of anilines is 1. The van der Waals surface area contributed by atoms with Gasteiger partial charge in [0.05, 0.1) is 22.9 Å². The largest absolute Gasteiger partial charge is 0.418 e. The molecule has 0 bridgehead atoms. The van der Waals surface area contributed by atoms with Crippen molar-refractivity contribution in [3.63, 3.8) is 0 Å². The summed E-state index contributed by atoms with van der Waals surface area (Å²) >= 11 is 5.82. The number of carbonyl (C=O) groups excluding carboxylic acids is 1. The molecule has 0 fully saturated rings. The number of hydrogen-bond donors (Lipinski definition) is 3. The van der Waals surface area contributed by atoms with E-state index in [-0.39, 0.29) is 35.6 Å². The van der Waals surface area contributed by atoms with Crippen LogP contribution >= 0.6 is 11.6 Å². The number of fused-ring (bicyclic) bond motifs is 1. The molecule has 0 saturated carbocycles. The van der Waals surface area contributed by atoms with Gasteiger partial charge in [0.1, 0.15) is 17.7 Å². The van der Waals surface area contributed by atoms with Crippen LogP contribution < -0.4 is 11.1 Å². The van der Waals surface area contributed by atoms with Gasteiger partial charge in [0.15, 0.2) is 5.82 Å². The number of aliphatic hydroxyl groups excluding tert-OH is 1. The second kappa shape index (κ2) is 9.51. The maximum atomic E-state index is 14.4. The third-order valence-electron chi connectivity index (χ3n) is 5.35. The number of rotatable bonds is 6. The van der Waals surface area contributed by atoms with Crippen LogP contribution in [-0.4, -0.2) is 32.2 Å². The van der Waals surface area contributed by atoms with Gasteiger partial charge in [-0.05, 0) is 48.4 Å². The number of nitrogen functional groups attached to an aromatic ring is 1. The second-order valence-electron chi connectivity index (χ2n) is 7.65. The van der Waals surface area contributed by atoms with Crippen LogP contribution in [0.1, 0.15) is 34.0 Å². The third-order valence-corrected chi connectivity index (χ3v) is 5.60. The zero-order valence-corrected chi connectivity index (χ0v) is 18.6. The number of alkyl halides is 3. The molecule has 4 rings (SSSR count). The minimum Gasteiger partial charge on any atom is -0.388 e. The number of hydrogen-bond acceptors (Lipinski definition) is 5. The minimum absolute atomic E-state index is 0.0162. The van der Waals surface area contributed by atoms with Gasteiger partial charge in [-0.15, -0.1) is 0 Å². The van der Waals surface area contributed by atoms with E-state index in [1.54, 1.807) is 24.3 Å². The van der Waals surface area contributed by atoms with Gasteiger partial charge in [-0.2, -0.15) is 18.3 Å². The molecule has 2 heterocycles. The van der Waals surface area contributed by atoms with E-state index in [9.17, 15) is 27.5 Å². The predicted molar refractivity (Wildman–Crippen MR) is 121 cm³/mol. The lowest BCUT2D eigenvalue weighted by atomic mass is 10.1. The monoisotopic (exact) mass is 507 g/mol. The summed E-state index contributed by atoms with van der Waals surface area (Å²) < 4.78 is 56.1. The molecule has 0 unspecified atom stereocenters. The van der Waals surface area contributed by atoms with E-state index < -0.39 is 35.1 Å². The first-order chi connectivity index (χ1) is 16.6. The molecule has 4 aromatic rings. The standard InChI is InChI=1S/C23H18ClF4N5O2/c24-14-4-1-12(2-5-14)19(34)7-8-30-22(35)15-9-13(3-6-17(15)25)18-10-16(23(26,27)28)20-21(29)31-11-32-33(18)20/h1-6,9-11,19,34H,7-8H2,(H,30,35)(H2,29,31,32)/t19-/m0/s1. The molecule has 2 aromatic heterocycles. The highest BCUT2D eigenvalue weighted by Gasteiger charge is 2.36. The first kappa shape index (κ1) is 24.4. The highest BCUT2D eigenvalue weighted by Crippen LogP contribution is 2.38. The quantitative estimate of drug-likeness (QED) is 0.330. The van der Waals surface area contributed by atoms with E-state index in [0.29, 0.717) is 10.6 Å². The minimum atomic E-state index is -4.74. The summed E-state index contributed by atoms with van der Waals surface area (Å²) in [6.45, 7) is 0.0162. The van der Waals surface area contributed by atoms with Gasteiger partial charge in [-0.25, -0.2) is 13.9 Å². The first-order valence-corrected chi connectivity index (χ1v) is 10.6. The lowest BCUT2D eigenvalue weighted by Gasteiger charge is -2.12. The molecule has 0 aliphatic heterocycles. The number of aromatic nitrogens is 3. The van der Waals surface area contributed by atoms with Crippen molar-refractivity contribution in [2.45, 2.75) is 18.7 Å². The molecule has 0 radical (unpaired) electrons. The van der Waals surface area contributed by atoms with Crippen molar-refractivity contribution in [2.75, 3.05) is 12.3 Å². The van der Waals surface area contributed by atoms with Crippen molar-refractivity contribution >= 4 is 28.8 Å². The summed E-state index contributed by atoms with van der Waals surface area (Å²) in [7, 11) is 0. The predicted octanol–water partition coefficient (Wildman–Crippen LogP) is 4.64. The van der Waals surface area contributed by atoms with E-state index in [2.05, 4.69) is 15.4 Å². The Balaban J connectivity index is 1.58. The van der Waals surface area contributed by atoms with Gasteiger partial charge < -0.3 is 16.2 Å². The van der Waals surface area contributed by atoms with Gasteiger partial charge in [-0.1, -0.05) is 23.7 Å². The Hall–Kier alpha value is -3.70. The molecule has 0 saturated heterocycles. The maximum absolute atomic E-state index is 14.4. The van der Waals surface area contributed by atoms with Crippen LogP contribution in [0.4, 0.5) is 23.4 Å². The van der Waals surface area contributed by atoms with E-state index in [1.807, 2.05) is 0 Å². The molecule has 0 spiro atoms. The van der Waals surface area contributed by atoms with Gasteiger partial charge in [0, 0.05) is 17.1 Å². The topological polar surface area (TPSA) is 106 Å². The molecule has 12 heteroatoms. The lowest BCUT2D eigenvalue weighted by molar-refractivity contribution is -0.136. The van der Waals surface area contributed by atoms with Crippen molar-refractivity contribution in [1.29, 1.82) is 0 Å². The van der Waals surface area contributed by atoms with E-state index >= 15 is 0 Å². The number of carbonyl (C=O) groups is 1. The van der Waals surface area contributed by atoms with E-state index in [0.717, 1.165) is 29.0 Å².